The van der Waals surface area contributed by atoms with Crippen LogP contribution in [0.4, 0.5) is 5.82 Å². The number of benzene rings is 1. The van der Waals surface area contributed by atoms with Gasteiger partial charge in [0.15, 0.2) is 0 Å². The van der Waals surface area contributed by atoms with Crippen LogP contribution in [-0.4, -0.2) is 60.0 Å². The lowest BCUT2D eigenvalue weighted by molar-refractivity contribution is -0.898. The second-order valence-corrected chi connectivity index (χ2v) is 8.98. The number of amides is 1. The van der Waals surface area contributed by atoms with Crippen LogP contribution in [0.15, 0.2) is 30.3 Å². The fourth-order valence-electron chi connectivity index (χ4n) is 5.13. The molecule has 1 N–H and O–H groups in total. The minimum Gasteiger partial charge on any atom is -0.345 e. The van der Waals surface area contributed by atoms with Crippen LogP contribution in [0.25, 0.3) is 0 Å². The minimum absolute atomic E-state index is 0.139. The predicted molar refractivity (Wildman–Crippen MR) is 117 cm³/mol. The average molecular weight is 407 g/mol. The van der Waals surface area contributed by atoms with E-state index in [4.69, 9.17) is 9.97 Å². The highest BCUT2D eigenvalue weighted by molar-refractivity contribution is 5.83. The molecule has 1 saturated heterocycles. The highest BCUT2D eigenvalue weighted by Gasteiger charge is 2.46. The Labute approximate surface area is 178 Å². The molecule has 6 nitrogen and oxygen atoms in total. The molecule has 0 bridgehead atoms. The fraction of sp³-hybridized carbons (Fsp3) is 0.542. The molecule has 1 aromatic heterocycles. The minimum atomic E-state index is 0.139. The molecule has 6 heteroatoms. The molecule has 1 aromatic carbocycles. The molecular formula is C24H32N5O+. The highest BCUT2D eigenvalue weighted by Crippen LogP contribution is 2.48. The Morgan fingerprint density at radius 2 is 1.90 bits per heavy atom. The number of quaternary nitrogens is 1. The number of fused-ring (bicyclic) bond motifs is 1. The Bertz CT molecular complexity index is 923. The number of anilines is 1. The van der Waals surface area contributed by atoms with E-state index in [2.05, 4.69) is 41.0 Å². The fourth-order valence-corrected chi connectivity index (χ4v) is 5.13. The maximum Gasteiger partial charge on any atom is 0.226 e. The quantitative estimate of drug-likeness (QED) is 0.829. The third-order valence-electron chi connectivity index (χ3n) is 7.07. The second-order valence-electron chi connectivity index (χ2n) is 8.98. The Hall–Kier alpha value is -2.47. The Kier molecular flexibility index (Phi) is 5.19. The molecule has 2 aromatic rings. The van der Waals surface area contributed by atoms with Crippen molar-refractivity contribution in [2.24, 2.45) is 5.92 Å². The summed E-state index contributed by atoms with van der Waals surface area (Å²) in [5.41, 5.74) is 3.61. The van der Waals surface area contributed by atoms with Crippen molar-refractivity contribution in [1.29, 1.82) is 0 Å². The van der Waals surface area contributed by atoms with Gasteiger partial charge in [-0.05, 0) is 31.7 Å². The molecule has 0 radical (unpaired) electrons. The van der Waals surface area contributed by atoms with Gasteiger partial charge in [-0.25, -0.2) is 9.97 Å². The first-order valence-electron chi connectivity index (χ1n) is 11.4. The van der Waals surface area contributed by atoms with E-state index in [9.17, 15) is 4.79 Å². The molecule has 2 atom stereocenters. The maximum absolute atomic E-state index is 13.3. The molecule has 1 saturated carbocycles. The number of hydrogen-bond acceptors (Lipinski definition) is 4. The summed E-state index contributed by atoms with van der Waals surface area (Å²) >= 11 is 0. The summed E-state index contributed by atoms with van der Waals surface area (Å²) in [4.78, 5) is 29.0. The Morgan fingerprint density at radius 3 is 2.63 bits per heavy atom. The van der Waals surface area contributed by atoms with Crippen LogP contribution in [0.3, 0.4) is 0 Å². The maximum atomic E-state index is 13.3. The molecule has 30 heavy (non-hydrogen) atoms. The van der Waals surface area contributed by atoms with Crippen LogP contribution in [-0.2, 0) is 17.8 Å². The molecule has 0 spiro atoms. The van der Waals surface area contributed by atoms with Crippen LogP contribution < -0.4 is 9.80 Å². The molecular weight excluding hydrogens is 374 g/mol. The number of aromatic nitrogens is 2. The number of nitrogens with one attached hydrogen (secondary N) is 1. The van der Waals surface area contributed by atoms with E-state index >= 15 is 0 Å². The van der Waals surface area contributed by atoms with E-state index < -0.39 is 0 Å². The number of piperazine rings is 1. The Morgan fingerprint density at radius 1 is 1.13 bits per heavy atom. The van der Waals surface area contributed by atoms with Gasteiger partial charge in [0.25, 0.3) is 0 Å². The Balaban J connectivity index is 1.33. The molecule has 1 aliphatic carbocycles. The van der Waals surface area contributed by atoms with Gasteiger partial charge < -0.3 is 14.7 Å². The molecule has 3 heterocycles. The van der Waals surface area contributed by atoms with Crippen molar-refractivity contribution < 1.29 is 9.69 Å². The average Bonchev–Trinajstić information content (AvgIpc) is 3.59. The largest absolute Gasteiger partial charge is 0.345 e. The molecule has 3 aliphatic rings. The van der Waals surface area contributed by atoms with Crippen LogP contribution in [0.1, 0.15) is 41.9 Å². The molecule has 0 unspecified atom stereocenters. The third-order valence-corrected chi connectivity index (χ3v) is 7.07. The van der Waals surface area contributed by atoms with E-state index in [1.165, 1.54) is 17.7 Å². The van der Waals surface area contributed by atoms with Crippen LogP contribution in [0.5, 0.6) is 0 Å². The van der Waals surface area contributed by atoms with Gasteiger partial charge in [0.1, 0.15) is 11.6 Å². The van der Waals surface area contributed by atoms with Crippen molar-refractivity contribution in [2.45, 2.75) is 39.2 Å². The van der Waals surface area contributed by atoms with Gasteiger partial charge in [0, 0.05) is 24.4 Å². The zero-order chi connectivity index (χ0) is 20.7. The van der Waals surface area contributed by atoms with Gasteiger partial charge in [-0.1, -0.05) is 30.3 Å². The summed E-state index contributed by atoms with van der Waals surface area (Å²) in [6, 6.07) is 10.5. The summed E-state index contributed by atoms with van der Waals surface area (Å²) < 4.78 is 0. The van der Waals surface area contributed by atoms with E-state index in [-0.39, 0.29) is 5.92 Å². The van der Waals surface area contributed by atoms with Gasteiger partial charge in [0.05, 0.1) is 45.0 Å². The number of nitrogens with zero attached hydrogens (tertiary/aromatic N) is 4. The smallest absolute Gasteiger partial charge is 0.226 e. The topological polar surface area (TPSA) is 53.8 Å². The summed E-state index contributed by atoms with van der Waals surface area (Å²) in [5.74, 6) is 2.75. The summed E-state index contributed by atoms with van der Waals surface area (Å²) in [6.07, 6.45) is 1.81. The number of carbonyl (C=O) groups excluding carboxylic acids is 1. The standard InChI is InChI=1S/C24H31N5O/c1-3-27-11-13-28(14-12-27)23-21-16-29(10-9-22(21)25-17(2)26-23)24(30)20-15-19(20)18-7-5-4-6-8-18/h4-8,19-20H,3,9-16H2,1-2H3/p+1/t19-,20-/m0/s1. The van der Waals surface area contributed by atoms with Gasteiger partial charge >= 0.3 is 0 Å². The first kappa shape index (κ1) is 19.5. The summed E-state index contributed by atoms with van der Waals surface area (Å²) in [7, 11) is 0. The molecule has 1 amide bonds. The number of hydrogen-bond donors (Lipinski definition) is 1. The van der Waals surface area contributed by atoms with Crippen LogP contribution in [0, 0.1) is 12.8 Å². The highest BCUT2D eigenvalue weighted by atomic mass is 16.2. The molecule has 2 fully saturated rings. The second kappa shape index (κ2) is 7.99. The lowest BCUT2D eigenvalue weighted by Crippen LogP contribution is -3.14. The van der Waals surface area contributed by atoms with Crippen LogP contribution >= 0.6 is 0 Å². The molecule has 5 rings (SSSR count). The van der Waals surface area contributed by atoms with Crippen molar-refractivity contribution >= 4 is 11.7 Å². The van der Waals surface area contributed by atoms with Crippen molar-refractivity contribution in [1.82, 2.24) is 14.9 Å². The van der Waals surface area contributed by atoms with Crippen LogP contribution in [0.2, 0.25) is 0 Å². The lowest BCUT2D eigenvalue weighted by atomic mass is 10.0. The van der Waals surface area contributed by atoms with Crippen molar-refractivity contribution in [3.63, 3.8) is 0 Å². The van der Waals surface area contributed by atoms with Gasteiger partial charge in [-0.15, -0.1) is 0 Å². The van der Waals surface area contributed by atoms with E-state index in [0.29, 0.717) is 18.4 Å². The van der Waals surface area contributed by atoms with Crippen molar-refractivity contribution in [3.05, 3.63) is 53.0 Å². The monoisotopic (exact) mass is 406 g/mol. The normalized spacial score (nSPS) is 23.9. The van der Waals surface area contributed by atoms with E-state index in [0.717, 1.165) is 62.9 Å². The van der Waals surface area contributed by atoms with Gasteiger partial charge in [0.2, 0.25) is 5.91 Å². The van der Waals surface area contributed by atoms with E-state index in [1.807, 2.05) is 13.0 Å². The van der Waals surface area contributed by atoms with Crippen molar-refractivity contribution in [3.8, 4) is 0 Å². The summed E-state index contributed by atoms with van der Waals surface area (Å²) in [5, 5.41) is 0. The SMILES string of the molecule is CC[NH+]1CCN(c2nc(C)nc3c2CN(C(=O)[C@H]2C[C@H]2c2ccccc2)CC3)CC1. The first-order valence-corrected chi connectivity index (χ1v) is 11.4. The molecule has 2 aliphatic heterocycles. The third kappa shape index (κ3) is 3.69. The number of likely N-dealkylation sites (N-methyl/N-ethyl adjacent to an activating group) is 1. The lowest BCUT2D eigenvalue weighted by Gasteiger charge is -2.36. The van der Waals surface area contributed by atoms with Gasteiger partial charge in [-0.2, -0.15) is 0 Å². The van der Waals surface area contributed by atoms with Crippen molar-refractivity contribution in [2.75, 3.05) is 44.2 Å². The zero-order valence-corrected chi connectivity index (χ0v) is 18.1. The van der Waals surface area contributed by atoms with E-state index in [1.54, 1.807) is 4.90 Å². The number of carbonyl (C=O) groups is 1. The van der Waals surface area contributed by atoms with Gasteiger partial charge in [-0.3, -0.25) is 4.79 Å². The molecule has 158 valence electrons. The number of aryl methyl sites for hydroxylation is 1. The zero-order valence-electron chi connectivity index (χ0n) is 18.1. The predicted octanol–water partition coefficient (Wildman–Crippen LogP) is 1.20. The summed E-state index contributed by atoms with van der Waals surface area (Å²) in [6.45, 7) is 11.2. The number of rotatable bonds is 4. The first-order chi connectivity index (χ1) is 14.6.